The first-order valence-electron chi connectivity index (χ1n) is 6.59. The molecule has 0 bridgehead atoms. The van der Waals surface area contributed by atoms with Crippen LogP contribution in [0.4, 0.5) is 4.39 Å². The molecule has 0 radical (unpaired) electrons. The molecule has 5 heteroatoms. The number of nitrogens with zero attached hydrogens (tertiary/aromatic N) is 1. The zero-order valence-corrected chi connectivity index (χ0v) is 12.3. The summed E-state index contributed by atoms with van der Waals surface area (Å²) in [6.07, 6.45) is 3.91. The van der Waals surface area contributed by atoms with Gasteiger partial charge in [-0.25, -0.2) is 4.39 Å². The Balaban J connectivity index is 2.23. The van der Waals surface area contributed by atoms with E-state index in [1.807, 2.05) is 4.90 Å². The van der Waals surface area contributed by atoms with Crippen molar-refractivity contribution in [1.29, 1.82) is 0 Å². The predicted molar refractivity (Wildman–Crippen MR) is 76.4 cm³/mol. The van der Waals surface area contributed by atoms with Crippen molar-refractivity contribution < 1.29 is 9.18 Å². The lowest BCUT2D eigenvalue weighted by molar-refractivity contribution is 0.0603. The fraction of sp³-hybridized carbons (Fsp3) is 0.500. The van der Waals surface area contributed by atoms with E-state index in [-0.39, 0.29) is 17.8 Å². The maximum atomic E-state index is 13.3. The first-order chi connectivity index (χ1) is 9.13. The highest BCUT2D eigenvalue weighted by molar-refractivity contribution is 9.10. The van der Waals surface area contributed by atoms with E-state index in [2.05, 4.69) is 15.9 Å². The molecular formula is C14H18BrFN2O. The van der Waals surface area contributed by atoms with E-state index in [4.69, 9.17) is 5.73 Å². The quantitative estimate of drug-likeness (QED) is 0.927. The van der Waals surface area contributed by atoms with Crippen LogP contribution in [0.1, 0.15) is 36.0 Å². The molecule has 1 aliphatic heterocycles. The monoisotopic (exact) mass is 328 g/mol. The second-order valence-corrected chi connectivity index (χ2v) is 5.70. The second kappa shape index (κ2) is 6.48. The standard InChI is InChI=1S/C14H18BrFN2O/c15-13-5-4-10(16)9-12(13)14(19)18-8-2-1-3-11(18)6-7-17/h4-5,9,11H,1-3,6-8,17H2/t11-/m0/s1. The Morgan fingerprint density at radius 1 is 1.47 bits per heavy atom. The molecule has 1 aliphatic rings. The lowest BCUT2D eigenvalue weighted by Gasteiger charge is -2.36. The van der Waals surface area contributed by atoms with Crippen LogP contribution in [0.15, 0.2) is 22.7 Å². The van der Waals surface area contributed by atoms with E-state index in [1.165, 1.54) is 12.1 Å². The van der Waals surface area contributed by atoms with Gasteiger partial charge < -0.3 is 10.6 Å². The van der Waals surface area contributed by atoms with Crippen LogP contribution in [0.25, 0.3) is 0 Å². The fourth-order valence-electron chi connectivity index (χ4n) is 2.58. The highest BCUT2D eigenvalue weighted by atomic mass is 79.9. The van der Waals surface area contributed by atoms with Crippen LogP contribution >= 0.6 is 15.9 Å². The van der Waals surface area contributed by atoms with Gasteiger partial charge in [0.2, 0.25) is 0 Å². The molecule has 19 heavy (non-hydrogen) atoms. The Hall–Kier alpha value is -0.940. The molecule has 1 atom stereocenters. The van der Waals surface area contributed by atoms with E-state index in [0.717, 1.165) is 32.2 Å². The molecule has 0 saturated carbocycles. The molecule has 0 aliphatic carbocycles. The molecule has 0 unspecified atom stereocenters. The largest absolute Gasteiger partial charge is 0.336 e. The van der Waals surface area contributed by atoms with Gasteiger partial charge in [-0.15, -0.1) is 0 Å². The van der Waals surface area contributed by atoms with Crippen molar-refractivity contribution in [1.82, 2.24) is 4.90 Å². The number of nitrogens with two attached hydrogens (primary N) is 1. The summed E-state index contributed by atoms with van der Waals surface area (Å²) >= 11 is 3.32. The first-order valence-corrected chi connectivity index (χ1v) is 7.39. The summed E-state index contributed by atoms with van der Waals surface area (Å²) in [5, 5.41) is 0. The van der Waals surface area contributed by atoms with Gasteiger partial charge in [0, 0.05) is 17.1 Å². The van der Waals surface area contributed by atoms with Gasteiger partial charge in [-0.3, -0.25) is 4.79 Å². The molecule has 1 fully saturated rings. The van der Waals surface area contributed by atoms with Crippen LogP contribution < -0.4 is 5.73 Å². The second-order valence-electron chi connectivity index (χ2n) is 4.85. The van der Waals surface area contributed by atoms with Crippen LogP contribution in [0.3, 0.4) is 0 Å². The minimum atomic E-state index is -0.390. The Labute approximate surface area is 121 Å². The minimum Gasteiger partial charge on any atom is -0.336 e. The van der Waals surface area contributed by atoms with Crippen LogP contribution in [0.2, 0.25) is 0 Å². The highest BCUT2D eigenvalue weighted by Crippen LogP contribution is 2.25. The Morgan fingerprint density at radius 2 is 2.26 bits per heavy atom. The number of amides is 1. The molecule has 1 aromatic rings. The zero-order chi connectivity index (χ0) is 13.8. The molecule has 1 heterocycles. The van der Waals surface area contributed by atoms with Crippen LogP contribution in [-0.4, -0.2) is 29.9 Å². The van der Waals surface area contributed by atoms with Crippen LogP contribution in [0.5, 0.6) is 0 Å². The van der Waals surface area contributed by atoms with Crippen molar-refractivity contribution in [3.05, 3.63) is 34.1 Å². The Kier molecular flexibility index (Phi) is 4.93. The topological polar surface area (TPSA) is 46.3 Å². The van der Waals surface area contributed by atoms with Gasteiger partial charge in [0.05, 0.1) is 5.56 Å². The van der Waals surface area contributed by atoms with Gasteiger partial charge in [-0.05, 0) is 66.4 Å². The average molecular weight is 329 g/mol. The summed E-state index contributed by atoms with van der Waals surface area (Å²) in [6.45, 7) is 1.30. The minimum absolute atomic E-state index is 0.107. The average Bonchev–Trinajstić information content (AvgIpc) is 2.42. The van der Waals surface area contributed by atoms with Crippen molar-refractivity contribution in [2.75, 3.05) is 13.1 Å². The van der Waals surface area contributed by atoms with Crippen LogP contribution in [0, 0.1) is 5.82 Å². The molecule has 1 aromatic carbocycles. The van der Waals surface area contributed by atoms with Gasteiger partial charge in [0.25, 0.3) is 5.91 Å². The van der Waals surface area contributed by atoms with Crippen molar-refractivity contribution in [3.63, 3.8) is 0 Å². The number of rotatable bonds is 3. The summed E-state index contributed by atoms with van der Waals surface area (Å²) in [5.74, 6) is -0.497. The fourth-order valence-corrected chi connectivity index (χ4v) is 2.99. The molecule has 104 valence electrons. The van der Waals surface area contributed by atoms with E-state index < -0.39 is 0 Å². The van der Waals surface area contributed by atoms with E-state index >= 15 is 0 Å². The summed E-state index contributed by atoms with van der Waals surface area (Å²) in [6, 6.07) is 4.39. The maximum Gasteiger partial charge on any atom is 0.255 e. The van der Waals surface area contributed by atoms with E-state index in [0.29, 0.717) is 16.6 Å². The molecule has 1 amide bonds. The number of likely N-dealkylation sites (tertiary alicyclic amines) is 1. The predicted octanol–water partition coefficient (Wildman–Crippen LogP) is 2.93. The van der Waals surface area contributed by atoms with Crippen LogP contribution in [-0.2, 0) is 0 Å². The third-order valence-electron chi connectivity index (χ3n) is 3.55. The SMILES string of the molecule is NCC[C@@H]1CCCCN1C(=O)c1cc(F)ccc1Br. The highest BCUT2D eigenvalue weighted by Gasteiger charge is 2.28. The van der Waals surface area contributed by atoms with Gasteiger partial charge in [0.1, 0.15) is 5.82 Å². The van der Waals surface area contributed by atoms with Gasteiger partial charge in [0.15, 0.2) is 0 Å². The van der Waals surface area contributed by atoms with Gasteiger partial charge >= 0.3 is 0 Å². The first kappa shape index (κ1) is 14.5. The summed E-state index contributed by atoms with van der Waals surface area (Å²) in [4.78, 5) is 14.4. The summed E-state index contributed by atoms with van der Waals surface area (Å²) < 4.78 is 13.9. The number of hydrogen-bond acceptors (Lipinski definition) is 2. The molecule has 1 saturated heterocycles. The Bertz CT molecular complexity index is 465. The number of benzene rings is 1. The van der Waals surface area contributed by atoms with E-state index in [1.54, 1.807) is 6.07 Å². The van der Waals surface area contributed by atoms with Crippen molar-refractivity contribution in [2.24, 2.45) is 5.73 Å². The van der Waals surface area contributed by atoms with Crippen molar-refractivity contribution >= 4 is 21.8 Å². The molecular weight excluding hydrogens is 311 g/mol. The third kappa shape index (κ3) is 3.34. The molecule has 2 rings (SSSR count). The molecule has 2 N–H and O–H groups in total. The number of halogens is 2. The van der Waals surface area contributed by atoms with Gasteiger partial charge in [-0.1, -0.05) is 0 Å². The number of piperidine rings is 1. The number of hydrogen-bond donors (Lipinski definition) is 1. The lowest BCUT2D eigenvalue weighted by Crippen LogP contribution is -2.44. The van der Waals surface area contributed by atoms with Crippen molar-refractivity contribution in [2.45, 2.75) is 31.7 Å². The van der Waals surface area contributed by atoms with Gasteiger partial charge in [-0.2, -0.15) is 0 Å². The Morgan fingerprint density at radius 3 is 3.00 bits per heavy atom. The molecule has 3 nitrogen and oxygen atoms in total. The number of carbonyl (C=O) groups is 1. The zero-order valence-electron chi connectivity index (χ0n) is 10.7. The lowest BCUT2D eigenvalue weighted by atomic mass is 9.98. The maximum absolute atomic E-state index is 13.3. The summed E-state index contributed by atoms with van der Waals surface area (Å²) in [7, 11) is 0. The normalized spacial score (nSPS) is 19.5. The smallest absolute Gasteiger partial charge is 0.255 e. The molecule has 0 aromatic heterocycles. The van der Waals surface area contributed by atoms with E-state index in [9.17, 15) is 9.18 Å². The third-order valence-corrected chi connectivity index (χ3v) is 4.24. The molecule has 0 spiro atoms. The summed E-state index contributed by atoms with van der Waals surface area (Å²) in [5.41, 5.74) is 6.00. The number of carbonyl (C=O) groups excluding carboxylic acids is 1. The van der Waals surface area contributed by atoms with Crippen molar-refractivity contribution in [3.8, 4) is 0 Å².